The third-order valence-corrected chi connectivity index (χ3v) is 3.16. The van der Waals surface area contributed by atoms with Gasteiger partial charge in [0, 0.05) is 9.90 Å². The number of benzene rings is 1. The van der Waals surface area contributed by atoms with Crippen molar-refractivity contribution in [2.45, 2.75) is 6.10 Å². The minimum Gasteiger partial charge on any atom is -0.383 e. The number of halogens is 2. The van der Waals surface area contributed by atoms with Crippen molar-refractivity contribution in [1.29, 1.82) is 0 Å². The molecule has 1 aromatic carbocycles. The topological polar surface area (TPSA) is 20.2 Å². The minimum atomic E-state index is -0.807. The summed E-state index contributed by atoms with van der Waals surface area (Å²) in [6.45, 7) is 0. The molecule has 1 nitrogen and oxygen atoms in total. The number of thiophene rings is 1. The molecule has 0 aliphatic carbocycles. The van der Waals surface area contributed by atoms with Gasteiger partial charge in [0.25, 0.3) is 0 Å². The zero-order valence-corrected chi connectivity index (χ0v) is 9.23. The van der Waals surface area contributed by atoms with Crippen molar-refractivity contribution in [2.24, 2.45) is 0 Å². The molecular formula is C11H8ClFOS. The summed E-state index contributed by atoms with van der Waals surface area (Å²) < 4.78 is 13.0. The molecule has 0 spiro atoms. The van der Waals surface area contributed by atoms with Crippen LogP contribution in [-0.2, 0) is 0 Å². The Kier molecular flexibility index (Phi) is 3.05. The summed E-state index contributed by atoms with van der Waals surface area (Å²) in [4.78, 5) is 0.775. The van der Waals surface area contributed by atoms with E-state index in [9.17, 15) is 9.50 Å². The Labute approximate surface area is 95.8 Å². The Morgan fingerprint density at radius 2 is 2.13 bits per heavy atom. The van der Waals surface area contributed by atoms with Crippen molar-refractivity contribution < 1.29 is 9.50 Å². The van der Waals surface area contributed by atoms with E-state index in [2.05, 4.69) is 0 Å². The van der Waals surface area contributed by atoms with Crippen LogP contribution in [0.1, 0.15) is 16.5 Å². The van der Waals surface area contributed by atoms with Crippen molar-refractivity contribution in [1.82, 2.24) is 0 Å². The summed E-state index contributed by atoms with van der Waals surface area (Å²) in [5, 5.41) is 12.1. The molecule has 0 fully saturated rings. The molecule has 1 unspecified atom stereocenters. The predicted molar refractivity (Wildman–Crippen MR) is 59.8 cm³/mol. The maximum absolute atomic E-state index is 13.0. The van der Waals surface area contributed by atoms with Gasteiger partial charge in [-0.25, -0.2) is 4.39 Å². The summed E-state index contributed by atoms with van der Waals surface area (Å²) in [5.41, 5.74) is 0.474. The Bertz CT molecular complexity index is 435. The van der Waals surface area contributed by atoms with Crippen molar-refractivity contribution in [3.05, 3.63) is 57.0 Å². The second-order valence-corrected chi connectivity index (χ2v) is 4.54. The van der Waals surface area contributed by atoms with Gasteiger partial charge in [-0.15, -0.1) is 11.3 Å². The molecule has 2 aromatic rings. The molecule has 0 saturated heterocycles. The molecule has 2 rings (SSSR count). The minimum absolute atomic E-state index is 0.292. The van der Waals surface area contributed by atoms with Gasteiger partial charge in [0.1, 0.15) is 11.9 Å². The molecule has 15 heavy (non-hydrogen) atoms. The van der Waals surface area contributed by atoms with E-state index in [-0.39, 0.29) is 0 Å². The molecule has 1 aromatic heterocycles. The van der Waals surface area contributed by atoms with Crippen LogP contribution >= 0.6 is 22.9 Å². The molecule has 1 heterocycles. The van der Waals surface area contributed by atoms with Gasteiger partial charge >= 0.3 is 0 Å². The van der Waals surface area contributed by atoms with Crippen LogP contribution in [-0.4, -0.2) is 5.11 Å². The first-order chi connectivity index (χ1) is 7.16. The third-order valence-electron chi connectivity index (χ3n) is 2.01. The molecule has 0 bridgehead atoms. The molecular weight excluding hydrogens is 235 g/mol. The van der Waals surface area contributed by atoms with E-state index < -0.39 is 11.9 Å². The van der Waals surface area contributed by atoms with Crippen LogP contribution in [0.5, 0.6) is 0 Å². The molecule has 0 amide bonds. The summed E-state index contributed by atoms with van der Waals surface area (Å²) >= 11 is 7.13. The fourth-order valence-corrected chi connectivity index (χ4v) is 2.31. The van der Waals surface area contributed by atoms with Crippen LogP contribution < -0.4 is 0 Å². The summed E-state index contributed by atoms with van der Waals surface area (Å²) in [6.07, 6.45) is -0.807. The first kappa shape index (κ1) is 10.6. The van der Waals surface area contributed by atoms with Gasteiger partial charge in [0.15, 0.2) is 0 Å². The Hall–Kier alpha value is -0.900. The van der Waals surface area contributed by atoms with Crippen molar-refractivity contribution in [3.63, 3.8) is 0 Å². The second-order valence-electron chi connectivity index (χ2n) is 3.12. The largest absolute Gasteiger partial charge is 0.383 e. The lowest BCUT2D eigenvalue weighted by Crippen LogP contribution is -1.97. The van der Waals surface area contributed by atoms with E-state index >= 15 is 0 Å². The molecule has 0 saturated carbocycles. The summed E-state index contributed by atoms with van der Waals surface area (Å²) in [6, 6.07) is 7.70. The maximum Gasteiger partial charge on any atom is 0.125 e. The van der Waals surface area contributed by atoms with E-state index in [0.717, 1.165) is 4.88 Å². The Morgan fingerprint density at radius 3 is 2.73 bits per heavy atom. The lowest BCUT2D eigenvalue weighted by molar-refractivity contribution is 0.223. The highest BCUT2D eigenvalue weighted by molar-refractivity contribution is 7.10. The molecule has 4 heteroatoms. The summed E-state index contributed by atoms with van der Waals surface area (Å²) in [7, 11) is 0. The van der Waals surface area contributed by atoms with Crippen LogP contribution in [0, 0.1) is 5.82 Å². The predicted octanol–water partition coefficient (Wildman–Crippen LogP) is 3.62. The van der Waals surface area contributed by atoms with Gasteiger partial charge in [-0.05, 0) is 35.2 Å². The highest BCUT2D eigenvalue weighted by Gasteiger charge is 2.12. The first-order valence-electron chi connectivity index (χ1n) is 4.34. The number of rotatable bonds is 2. The first-order valence-corrected chi connectivity index (χ1v) is 5.60. The molecule has 78 valence electrons. The van der Waals surface area contributed by atoms with E-state index in [4.69, 9.17) is 11.6 Å². The van der Waals surface area contributed by atoms with Crippen LogP contribution in [0.4, 0.5) is 4.39 Å². The molecule has 0 aliphatic rings. The number of hydrogen-bond donors (Lipinski definition) is 1. The van der Waals surface area contributed by atoms with Crippen LogP contribution in [0.25, 0.3) is 0 Å². The number of hydrogen-bond acceptors (Lipinski definition) is 2. The molecule has 0 radical (unpaired) electrons. The van der Waals surface area contributed by atoms with E-state index in [0.29, 0.717) is 10.6 Å². The van der Waals surface area contributed by atoms with Crippen molar-refractivity contribution in [2.75, 3.05) is 0 Å². The van der Waals surface area contributed by atoms with E-state index in [1.165, 1.54) is 23.5 Å². The normalized spacial score (nSPS) is 12.7. The zero-order valence-electron chi connectivity index (χ0n) is 7.65. The zero-order chi connectivity index (χ0) is 10.8. The second kappa shape index (κ2) is 4.31. The number of aliphatic hydroxyl groups is 1. The van der Waals surface area contributed by atoms with Crippen LogP contribution in [0.3, 0.4) is 0 Å². The Morgan fingerprint density at radius 1 is 1.33 bits per heavy atom. The molecule has 1 atom stereocenters. The standard InChI is InChI=1S/C11H8ClFOS/c12-8-4-7(5-9(13)6-8)11(14)10-2-1-3-15-10/h1-6,11,14H. The summed E-state index contributed by atoms with van der Waals surface area (Å²) in [5.74, 6) is -0.437. The lowest BCUT2D eigenvalue weighted by Gasteiger charge is -2.09. The maximum atomic E-state index is 13.0. The van der Waals surface area contributed by atoms with Crippen molar-refractivity contribution >= 4 is 22.9 Å². The monoisotopic (exact) mass is 242 g/mol. The fraction of sp³-hybridized carbons (Fsp3) is 0.0909. The van der Waals surface area contributed by atoms with Gasteiger partial charge < -0.3 is 5.11 Å². The molecule has 0 aliphatic heterocycles. The highest BCUT2D eigenvalue weighted by Crippen LogP contribution is 2.28. The lowest BCUT2D eigenvalue weighted by atomic mass is 10.1. The van der Waals surface area contributed by atoms with Crippen LogP contribution in [0.2, 0.25) is 5.02 Å². The van der Waals surface area contributed by atoms with E-state index in [1.807, 2.05) is 11.4 Å². The van der Waals surface area contributed by atoms with Gasteiger partial charge in [0.2, 0.25) is 0 Å². The molecule has 1 N–H and O–H groups in total. The Balaban J connectivity index is 2.37. The van der Waals surface area contributed by atoms with Gasteiger partial charge in [0.05, 0.1) is 0 Å². The smallest absolute Gasteiger partial charge is 0.125 e. The van der Waals surface area contributed by atoms with E-state index in [1.54, 1.807) is 12.1 Å². The highest BCUT2D eigenvalue weighted by atomic mass is 35.5. The van der Waals surface area contributed by atoms with Gasteiger partial charge in [-0.2, -0.15) is 0 Å². The average Bonchev–Trinajstić information content (AvgIpc) is 2.67. The van der Waals surface area contributed by atoms with Gasteiger partial charge in [-0.3, -0.25) is 0 Å². The SMILES string of the molecule is OC(c1cc(F)cc(Cl)c1)c1cccs1. The fourth-order valence-electron chi connectivity index (χ4n) is 1.34. The average molecular weight is 243 g/mol. The number of aliphatic hydroxyl groups excluding tert-OH is 1. The van der Waals surface area contributed by atoms with Crippen molar-refractivity contribution in [3.8, 4) is 0 Å². The third kappa shape index (κ3) is 2.37. The van der Waals surface area contributed by atoms with Crippen LogP contribution in [0.15, 0.2) is 35.7 Å². The van der Waals surface area contributed by atoms with Gasteiger partial charge in [-0.1, -0.05) is 17.7 Å². The quantitative estimate of drug-likeness (QED) is 0.853.